The minimum atomic E-state index is -0.275. The summed E-state index contributed by atoms with van der Waals surface area (Å²) in [6.45, 7) is 3.98. The van der Waals surface area contributed by atoms with Gasteiger partial charge in [0.1, 0.15) is 0 Å². The highest BCUT2D eigenvalue weighted by atomic mass is 16.5. The first-order valence-electron chi connectivity index (χ1n) is 7.14. The lowest BCUT2D eigenvalue weighted by Gasteiger charge is -2.27. The van der Waals surface area contributed by atoms with E-state index >= 15 is 0 Å². The van der Waals surface area contributed by atoms with E-state index < -0.39 is 0 Å². The van der Waals surface area contributed by atoms with E-state index in [2.05, 4.69) is 6.58 Å². The maximum atomic E-state index is 12.3. The van der Waals surface area contributed by atoms with Crippen LogP contribution in [0.15, 0.2) is 48.6 Å². The molecule has 1 aliphatic carbocycles. The fraction of sp³-hybridized carbons (Fsp3) is 0.333. The molecule has 0 radical (unpaired) electrons. The van der Waals surface area contributed by atoms with Gasteiger partial charge >= 0.3 is 5.97 Å². The first-order valence-corrected chi connectivity index (χ1v) is 7.14. The van der Waals surface area contributed by atoms with E-state index in [-0.39, 0.29) is 23.6 Å². The standard InChI is InChI=1S/C18H20O3/c1-13-8-10-15(18(20)21-2)12-16(13)17(19)11-9-14-6-4-3-5-7-14/h3-7,9,11,15-16H,1,8,10,12H2,2H3/b11-9+/t15-,16+/m1/s1. The Morgan fingerprint density at radius 3 is 2.67 bits per heavy atom. The van der Waals surface area contributed by atoms with Gasteiger partial charge in [0.25, 0.3) is 0 Å². The Morgan fingerprint density at radius 1 is 1.29 bits per heavy atom. The van der Waals surface area contributed by atoms with E-state index in [9.17, 15) is 9.59 Å². The van der Waals surface area contributed by atoms with Crippen LogP contribution in [0.5, 0.6) is 0 Å². The van der Waals surface area contributed by atoms with Crippen molar-refractivity contribution >= 4 is 17.8 Å². The fourth-order valence-electron chi connectivity index (χ4n) is 2.66. The third kappa shape index (κ3) is 3.91. The lowest BCUT2D eigenvalue weighted by molar-refractivity contribution is -0.146. The molecule has 0 spiro atoms. The summed E-state index contributed by atoms with van der Waals surface area (Å²) in [6.07, 6.45) is 5.32. The Bertz CT molecular complexity index is 557. The summed E-state index contributed by atoms with van der Waals surface area (Å²) in [6, 6.07) is 9.67. The van der Waals surface area contributed by atoms with Crippen molar-refractivity contribution in [3.8, 4) is 0 Å². The number of ketones is 1. The quantitative estimate of drug-likeness (QED) is 0.483. The third-order valence-electron chi connectivity index (χ3n) is 3.94. The summed E-state index contributed by atoms with van der Waals surface area (Å²) in [7, 11) is 1.39. The van der Waals surface area contributed by atoms with Crippen molar-refractivity contribution < 1.29 is 14.3 Å². The van der Waals surface area contributed by atoms with Crippen LogP contribution in [0.4, 0.5) is 0 Å². The van der Waals surface area contributed by atoms with Crippen LogP contribution in [-0.4, -0.2) is 18.9 Å². The van der Waals surface area contributed by atoms with Crippen molar-refractivity contribution in [3.05, 3.63) is 54.1 Å². The molecular formula is C18H20O3. The summed E-state index contributed by atoms with van der Waals surface area (Å²) in [5, 5.41) is 0. The largest absolute Gasteiger partial charge is 0.469 e. The number of rotatable bonds is 4. The van der Waals surface area contributed by atoms with E-state index in [1.807, 2.05) is 30.3 Å². The number of hydrogen-bond acceptors (Lipinski definition) is 3. The predicted molar refractivity (Wildman–Crippen MR) is 82.5 cm³/mol. The summed E-state index contributed by atoms with van der Waals surface area (Å²) < 4.78 is 4.78. The zero-order chi connectivity index (χ0) is 15.2. The molecule has 1 aliphatic rings. The van der Waals surface area contributed by atoms with Crippen LogP contribution in [-0.2, 0) is 14.3 Å². The number of benzene rings is 1. The maximum Gasteiger partial charge on any atom is 0.308 e. The van der Waals surface area contributed by atoms with Crippen LogP contribution in [0.25, 0.3) is 6.08 Å². The minimum absolute atomic E-state index is 0.0115. The topological polar surface area (TPSA) is 43.4 Å². The van der Waals surface area contributed by atoms with Gasteiger partial charge in [0.2, 0.25) is 0 Å². The normalized spacial score (nSPS) is 22.2. The molecular weight excluding hydrogens is 264 g/mol. The molecule has 2 atom stereocenters. The predicted octanol–water partition coefficient (Wildman–Crippen LogP) is 3.41. The molecule has 0 N–H and O–H groups in total. The van der Waals surface area contributed by atoms with Crippen molar-refractivity contribution in [2.45, 2.75) is 19.3 Å². The molecule has 0 unspecified atom stereocenters. The number of esters is 1. The molecule has 3 nitrogen and oxygen atoms in total. The molecule has 0 amide bonds. The number of hydrogen-bond donors (Lipinski definition) is 0. The fourth-order valence-corrected chi connectivity index (χ4v) is 2.66. The number of carbonyl (C=O) groups excluding carboxylic acids is 2. The molecule has 1 saturated carbocycles. The zero-order valence-corrected chi connectivity index (χ0v) is 12.2. The van der Waals surface area contributed by atoms with Crippen LogP contribution in [0.2, 0.25) is 0 Å². The number of methoxy groups -OCH3 is 1. The van der Waals surface area contributed by atoms with Crippen molar-refractivity contribution in [1.29, 1.82) is 0 Å². The molecule has 3 heteroatoms. The molecule has 110 valence electrons. The van der Waals surface area contributed by atoms with Gasteiger partial charge in [-0.1, -0.05) is 48.6 Å². The van der Waals surface area contributed by atoms with Gasteiger partial charge in [0, 0.05) is 5.92 Å². The third-order valence-corrected chi connectivity index (χ3v) is 3.94. The summed E-state index contributed by atoms with van der Waals surface area (Å²) in [5.74, 6) is -0.688. The first kappa shape index (κ1) is 15.2. The molecule has 1 aromatic carbocycles. The van der Waals surface area contributed by atoms with Crippen molar-refractivity contribution in [3.63, 3.8) is 0 Å². The second-order valence-corrected chi connectivity index (χ2v) is 5.35. The van der Waals surface area contributed by atoms with Gasteiger partial charge in [0.05, 0.1) is 13.0 Å². The summed E-state index contributed by atoms with van der Waals surface area (Å²) in [5.41, 5.74) is 1.90. The lowest BCUT2D eigenvalue weighted by Crippen LogP contribution is -2.28. The van der Waals surface area contributed by atoms with Gasteiger partial charge in [-0.3, -0.25) is 9.59 Å². The summed E-state index contributed by atoms with van der Waals surface area (Å²) >= 11 is 0. The van der Waals surface area contributed by atoms with E-state index in [4.69, 9.17) is 4.74 Å². The Balaban J connectivity index is 2.04. The van der Waals surface area contributed by atoms with Crippen LogP contribution >= 0.6 is 0 Å². The average molecular weight is 284 g/mol. The minimum Gasteiger partial charge on any atom is -0.469 e. The van der Waals surface area contributed by atoms with Crippen molar-refractivity contribution in [1.82, 2.24) is 0 Å². The number of allylic oxidation sites excluding steroid dienone is 2. The average Bonchev–Trinajstić information content (AvgIpc) is 2.53. The molecule has 1 fully saturated rings. The van der Waals surface area contributed by atoms with Gasteiger partial charge in [-0.05, 0) is 30.9 Å². The smallest absolute Gasteiger partial charge is 0.308 e. The highest BCUT2D eigenvalue weighted by Crippen LogP contribution is 2.34. The maximum absolute atomic E-state index is 12.3. The lowest BCUT2D eigenvalue weighted by atomic mass is 9.76. The van der Waals surface area contributed by atoms with Gasteiger partial charge < -0.3 is 4.74 Å². The molecule has 0 heterocycles. The first-order chi connectivity index (χ1) is 10.1. The van der Waals surface area contributed by atoms with Gasteiger partial charge in [0.15, 0.2) is 5.78 Å². The van der Waals surface area contributed by atoms with E-state index in [1.54, 1.807) is 12.2 Å². The summed E-state index contributed by atoms with van der Waals surface area (Å²) in [4.78, 5) is 24.0. The number of ether oxygens (including phenoxy) is 1. The highest BCUT2D eigenvalue weighted by molar-refractivity contribution is 5.97. The van der Waals surface area contributed by atoms with Crippen LogP contribution in [0.3, 0.4) is 0 Å². The molecule has 21 heavy (non-hydrogen) atoms. The van der Waals surface area contributed by atoms with Crippen LogP contribution < -0.4 is 0 Å². The molecule has 0 saturated heterocycles. The van der Waals surface area contributed by atoms with E-state index in [1.165, 1.54) is 7.11 Å². The van der Waals surface area contributed by atoms with E-state index in [0.29, 0.717) is 12.8 Å². The second-order valence-electron chi connectivity index (χ2n) is 5.35. The van der Waals surface area contributed by atoms with Gasteiger partial charge in [-0.15, -0.1) is 0 Å². The van der Waals surface area contributed by atoms with E-state index in [0.717, 1.165) is 17.6 Å². The van der Waals surface area contributed by atoms with Crippen LogP contribution in [0, 0.1) is 11.8 Å². The Morgan fingerprint density at radius 2 is 2.00 bits per heavy atom. The Hall–Kier alpha value is -2.16. The van der Waals surface area contributed by atoms with Crippen molar-refractivity contribution in [2.75, 3.05) is 7.11 Å². The Labute approximate surface area is 125 Å². The molecule has 0 aromatic heterocycles. The van der Waals surface area contributed by atoms with Gasteiger partial charge in [-0.2, -0.15) is 0 Å². The van der Waals surface area contributed by atoms with Crippen LogP contribution in [0.1, 0.15) is 24.8 Å². The molecule has 0 aliphatic heterocycles. The Kier molecular flexibility index (Phi) is 5.09. The molecule has 1 aromatic rings. The molecule has 2 rings (SSSR count). The van der Waals surface area contributed by atoms with Gasteiger partial charge in [-0.25, -0.2) is 0 Å². The van der Waals surface area contributed by atoms with Crippen molar-refractivity contribution in [2.24, 2.45) is 11.8 Å². The second kappa shape index (κ2) is 7.02. The number of carbonyl (C=O) groups is 2. The monoisotopic (exact) mass is 284 g/mol. The SMILES string of the molecule is C=C1CC[C@@H](C(=O)OC)C[C@@H]1C(=O)/C=C/c1ccccc1. The highest BCUT2D eigenvalue weighted by Gasteiger charge is 2.32. The zero-order valence-electron chi connectivity index (χ0n) is 12.2. The molecule has 0 bridgehead atoms.